The lowest BCUT2D eigenvalue weighted by molar-refractivity contribution is -0.114. The van der Waals surface area contributed by atoms with E-state index in [1.165, 1.54) is 11.3 Å². The summed E-state index contributed by atoms with van der Waals surface area (Å²) in [4.78, 5) is 12.2. The highest BCUT2D eigenvalue weighted by molar-refractivity contribution is 6.32. The van der Waals surface area contributed by atoms with Crippen LogP contribution in [0.4, 0.5) is 5.69 Å². The van der Waals surface area contributed by atoms with Gasteiger partial charge in [-0.3, -0.25) is 4.79 Å². The highest BCUT2D eigenvalue weighted by Gasteiger charge is 2.29. The average molecular weight is 265 g/mol. The van der Waals surface area contributed by atoms with Crippen LogP contribution in [-0.2, 0) is 9.53 Å². The van der Waals surface area contributed by atoms with Crippen molar-refractivity contribution in [3.05, 3.63) is 41.1 Å². The van der Waals surface area contributed by atoms with Crippen molar-refractivity contribution in [1.82, 2.24) is 0 Å². The first-order chi connectivity index (χ1) is 8.63. The van der Waals surface area contributed by atoms with E-state index < -0.39 is 0 Å². The summed E-state index contributed by atoms with van der Waals surface area (Å²) in [7, 11) is 0. The number of hydrogen-bond acceptors (Lipinski definition) is 3. The van der Waals surface area contributed by atoms with Crippen molar-refractivity contribution in [3.63, 3.8) is 0 Å². The molecule has 0 saturated carbocycles. The zero-order chi connectivity index (χ0) is 13.1. The lowest BCUT2D eigenvalue weighted by atomic mass is 10.2. The van der Waals surface area contributed by atoms with Gasteiger partial charge < -0.3 is 4.74 Å². The Hall–Kier alpha value is -1.81. The Morgan fingerprint density at radius 1 is 1.50 bits per heavy atom. The number of rotatable bonds is 3. The third-order valence-electron chi connectivity index (χ3n) is 2.48. The molecule has 5 heteroatoms. The molecule has 1 aromatic carbocycles. The van der Waals surface area contributed by atoms with Gasteiger partial charge in [0.05, 0.1) is 29.8 Å². The molecule has 1 aliphatic heterocycles. The molecule has 0 radical (unpaired) electrons. The molecule has 0 aromatic heterocycles. The number of carbonyl (C=O) groups excluding carboxylic acids is 1. The number of hydrazone groups is 1. The van der Waals surface area contributed by atoms with E-state index in [4.69, 9.17) is 16.3 Å². The fraction of sp³-hybridized carbons (Fsp3) is 0.231. The van der Waals surface area contributed by atoms with Crippen molar-refractivity contribution in [3.8, 4) is 0 Å². The number of hydrogen-bond donors (Lipinski definition) is 0. The molecule has 1 amide bonds. The Kier molecular flexibility index (Phi) is 3.67. The van der Waals surface area contributed by atoms with Crippen LogP contribution in [0, 0.1) is 0 Å². The zero-order valence-corrected chi connectivity index (χ0v) is 10.9. The van der Waals surface area contributed by atoms with Gasteiger partial charge in [0.2, 0.25) is 0 Å². The molecular formula is C13H13ClN2O2. The Bertz CT molecular complexity index is 538. The van der Waals surface area contributed by atoms with Crippen LogP contribution >= 0.6 is 11.6 Å². The molecule has 0 fully saturated rings. The predicted octanol–water partition coefficient (Wildman–Crippen LogP) is 2.98. The van der Waals surface area contributed by atoms with E-state index in [1.54, 1.807) is 31.2 Å². The summed E-state index contributed by atoms with van der Waals surface area (Å²) in [5.74, 6) is -0.205. The normalized spacial score (nSPS) is 17.3. The Labute approximate surface area is 110 Å². The van der Waals surface area contributed by atoms with Crippen LogP contribution in [0.2, 0.25) is 5.02 Å². The van der Waals surface area contributed by atoms with Gasteiger partial charge in [-0.15, -0.1) is 0 Å². The summed E-state index contributed by atoms with van der Waals surface area (Å²) in [6.45, 7) is 4.15. The van der Waals surface area contributed by atoms with Crippen LogP contribution in [0.25, 0.3) is 0 Å². The Morgan fingerprint density at radius 3 is 2.94 bits per heavy atom. The monoisotopic (exact) mass is 264 g/mol. The topological polar surface area (TPSA) is 41.9 Å². The molecule has 0 bridgehead atoms. The summed E-state index contributed by atoms with van der Waals surface area (Å²) in [5.41, 5.74) is 1.75. The fourth-order valence-electron chi connectivity index (χ4n) is 1.60. The molecule has 0 unspecified atom stereocenters. The van der Waals surface area contributed by atoms with Crippen molar-refractivity contribution in [2.75, 3.05) is 11.6 Å². The maximum absolute atomic E-state index is 12.2. The second-order valence-electron chi connectivity index (χ2n) is 3.77. The molecular weight excluding hydrogens is 252 g/mol. The van der Waals surface area contributed by atoms with E-state index in [2.05, 4.69) is 5.10 Å². The minimum atomic E-state index is -0.205. The maximum Gasteiger partial charge on any atom is 0.283 e. The van der Waals surface area contributed by atoms with Gasteiger partial charge in [-0.05, 0) is 32.0 Å². The van der Waals surface area contributed by atoms with E-state index in [9.17, 15) is 4.79 Å². The molecule has 0 N–H and O–H groups in total. The largest absolute Gasteiger partial charge is 0.501 e. The van der Waals surface area contributed by atoms with Crippen LogP contribution < -0.4 is 5.01 Å². The van der Waals surface area contributed by atoms with Crippen LogP contribution in [0.15, 0.2) is 41.2 Å². The lowest BCUT2D eigenvalue weighted by Crippen LogP contribution is -2.21. The Balaban J connectivity index is 2.31. The van der Waals surface area contributed by atoms with Gasteiger partial charge in [-0.1, -0.05) is 17.7 Å². The van der Waals surface area contributed by atoms with E-state index in [-0.39, 0.29) is 5.91 Å². The molecule has 0 saturated heterocycles. The van der Waals surface area contributed by atoms with Gasteiger partial charge in [-0.25, -0.2) is 0 Å². The summed E-state index contributed by atoms with van der Waals surface area (Å²) in [6, 6.07) is 7.00. The highest BCUT2D eigenvalue weighted by atomic mass is 35.5. The number of amides is 1. The molecule has 94 valence electrons. The van der Waals surface area contributed by atoms with Crippen LogP contribution in [-0.4, -0.2) is 18.2 Å². The van der Waals surface area contributed by atoms with E-state index >= 15 is 0 Å². The van der Waals surface area contributed by atoms with E-state index in [0.717, 1.165) is 0 Å². The summed E-state index contributed by atoms with van der Waals surface area (Å²) >= 11 is 5.90. The number of ether oxygens (including phenoxy) is 1. The Morgan fingerprint density at radius 2 is 2.28 bits per heavy atom. The minimum absolute atomic E-state index is 0.205. The van der Waals surface area contributed by atoms with Gasteiger partial charge in [0.1, 0.15) is 0 Å². The standard InChI is InChI=1S/C13H13ClN2O2/c1-3-18-8-12-9(2)15-16(13(12)17)11-6-4-5-10(14)7-11/h4-8H,3H2,1-2H3/b12-8+. The summed E-state index contributed by atoms with van der Waals surface area (Å²) in [6.07, 6.45) is 1.45. The number of nitrogens with zero attached hydrogens (tertiary/aromatic N) is 2. The average Bonchev–Trinajstić information content (AvgIpc) is 2.63. The predicted molar refractivity (Wildman–Crippen MR) is 71.8 cm³/mol. The molecule has 1 aliphatic rings. The highest BCUT2D eigenvalue weighted by Crippen LogP contribution is 2.25. The molecule has 2 rings (SSSR count). The number of halogens is 1. The molecule has 0 aliphatic carbocycles. The fourth-order valence-corrected chi connectivity index (χ4v) is 1.79. The van der Waals surface area contributed by atoms with E-state index in [1.807, 2.05) is 6.92 Å². The van der Waals surface area contributed by atoms with Crippen LogP contribution in [0.1, 0.15) is 13.8 Å². The van der Waals surface area contributed by atoms with Gasteiger partial charge in [0.25, 0.3) is 5.91 Å². The second kappa shape index (κ2) is 5.23. The minimum Gasteiger partial charge on any atom is -0.501 e. The van der Waals surface area contributed by atoms with Crippen molar-refractivity contribution in [2.45, 2.75) is 13.8 Å². The van der Waals surface area contributed by atoms with Crippen molar-refractivity contribution >= 4 is 28.9 Å². The molecule has 1 aromatic rings. The number of anilines is 1. The molecule has 1 heterocycles. The molecule has 0 atom stereocenters. The molecule has 0 spiro atoms. The van der Waals surface area contributed by atoms with Gasteiger partial charge >= 0.3 is 0 Å². The van der Waals surface area contributed by atoms with Gasteiger partial charge in [0, 0.05) is 5.02 Å². The quantitative estimate of drug-likeness (QED) is 0.622. The maximum atomic E-state index is 12.2. The lowest BCUT2D eigenvalue weighted by Gasteiger charge is -2.11. The molecule has 18 heavy (non-hydrogen) atoms. The molecule has 4 nitrogen and oxygen atoms in total. The number of carbonyl (C=O) groups is 1. The van der Waals surface area contributed by atoms with Gasteiger partial charge in [-0.2, -0.15) is 10.1 Å². The first kappa shape index (κ1) is 12.6. The summed E-state index contributed by atoms with van der Waals surface area (Å²) < 4.78 is 5.15. The van der Waals surface area contributed by atoms with Crippen molar-refractivity contribution < 1.29 is 9.53 Å². The van der Waals surface area contributed by atoms with Crippen molar-refractivity contribution in [2.24, 2.45) is 5.10 Å². The van der Waals surface area contributed by atoms with E-state index in [0.29, 0.717) is 28.6 Å². The van der Waals surface area contributed by atoms with Crippen molar-refractivity contribution in [1.29, 1.82) is 0 Å². The third kappa shape index (κ3) is 2.38. The zero-order valence-electron chi connectivity index (χ0n) is 10.2. The second-order valence-corrected chi connectivity index (χ2v) is 4.21. The smallest absolute Gasteiger partial charge is 0.283 e. The van der Waals surface area contributed by atoms with Crippen LogP contribution in [0.5, 0.6) is 0 Å². The first-order valence-corrected chi connectivity index (χ1v) is 5.98. The van der Waals surface area contributed by atoms with Gasteiger partial charge in [0.15, 0.2) is 0 Å². The SMILES string of the molecule is CCO/C=C1/C(=O)N(c2cccc(Cl)c2)N=C1C. The number of benzene rings is 1. The van der Waals surface area contributed by atoms with Crippen LogP contribution in [0.3, 0.4) is 0 Å². The first-order valence-electron chi connectivity index (χ1n) is 5.61. The third-order valence-corrected chi connectivity index (χ3v) is 2.72. The summed E-state index contributed by atoms with van der Waals surface area (Å²) in [5, 5.41) is 6.10.